The van der Waals surface area contributed by atoms with Crippen molar-refractivity contribution in [2.45, 2.75) is 12.5 Å². The third kappa shape index (κ3) is 1.55. The molecular weight excluding hydrogens is 199 g/mol. The summed E-state index contributed by atoms with van der Waals surface area (Å²) in [6.45, 7) is 0.745. The maximum Gasteiger partial charge on any atom is 0.198 e. The lowest BCUT2D eigenvalue weighted by Gasteiger charge is -1.92. The lowest BCUT2D eigenvalue weighted by molar-refractivity contribution is 0.388. The van der Waals surface area contributed by atoms with Gasteiger partial charge in [-0.3, -0.25) is 0 Å². The summed E-state index contributed by atoms with van der Waals surface area (Å²) in [5.74, 6) is 0.0996. The molecule has 1 unspecified atom stereocenters. The largest absolute Gasteiger partial charge is 0.441 e. The zero-order valence-corrected chi connectivity index (χ0v) is 7.87. The summed E-state index contributed by atoms with van der Waals surface area (Å²) in [4.78, 5) is 4.15. The summed E-state index contributed by atoms with van der Waals surface area (Å²) >= 11 is 0. The Labute approximate surface area is 84.8 Å². The highest BCUT2D eigenvalue weighted by Crippen LogP contribution is 2.23. The normalized spacial score (nSPS) is 19.7. The highest BCUT2D eigenvalue weighted by molar-refractivity contribution is 5.76. The van der Waals surface area contributed by atoms with Crippen LogP contribution in [0.1, 0.15) is 5.89 Å². The van der Waals surface area contributed by atoms with Gasteiger partial charge < -0.3 is 14.9 Å². The first-order chi connectivity index (χ1) is 7.22. The highest BCUT2D eigenvalue weighted by Gasteiger charge is 2.25. The summed E-state index contributed by atoms with van der Waals surface area (Å²) in [5, 5.41) is 0. The van der Waals surface area contributed by atoms with Gasteiger partial charge in [0.1, 0.15) is 11.3 Å². The Morgan fingerprint density at radius 3 is 3.07 bits per heavy atom. The van der Waals surface area contributed by atoms with Gasteiger partial charge in [0.25, 0.3) is 0 Å². The number of epoxide rings is 1. The van der Waals surface area contributed by atoms with Crippen molar-refractivity contribution in [2.24, 2.45) is 0 Å². The predicted octanol–water partition coefficient (Wildman–Crippen LogP) is 1.49. The van der Waals surface area contributed by atoms with Gasteiger partial charge in [0.15, 0.2) is 11.5 Å². The van der Waals surface area contributed by atoms with Gasteiger partial charge in [-0.2, -0.15) is 0 Å². The fraction of sp³-hybridized carbons (Fsp3) is 0.300. The third-order valence-electron chi connectivity index (χ3n) is 2.36. The molecular formula is C10H9FN2O2. The Morgan fingerprint density at radius 1 is 1.53 bits per heavy atom. The first kappa shape index (κ1) is 8.67. The smallest absolute Gasteiger partial charge is 0.198 e. The van der Waals surface area contributed by atoms with E-state index in [0.29, 0.717) is 23.4 Å². The van der Waals surface area contributed by atoms with E-state index in [-0.39, 0.29) is 11.8 Å². The number of nitrogen functional groups attached to an aromatic ring is 1. The minimum Gasteiger partial charge on any atom is -0.441 e. The van der Waals surface area contributed by atoms with Crippen molar-refractivity contribution in [2.75, 3.05) is 12.3 Å². The molecule has 1 aromatic carbocycles. The van der Waals surface area contributed by atoms with Crippen LogP contribution in [0, 0.1) is 5.82 Å². The van der Waals surface area contributed by atoms with E-state index < -0.39 is 5.82 Å². The van der Waals surface area contributed by atoms with E-state index >= 15 is 0 Å². The summed E-state index contributed by atoms with van der Waals surface area (Å²) < 4.78 is 23.6. The lowest BCUT2D eigenvalue weighted by atomic mass is 10.3. The maximum atomic E-state index is 13.1. The molecule has 0 bridgehead atoms. The Bertz CT molecular complexity index is 480. The van der Waals surface area contributed by atoms with E-state index in [2.05, 4.69) is 4.98 Å². The van der Waals surface area contributed by atoms with Crippen LogP contribution in [0.3, 0.4) is 0 Å². The van der Waals surface area contributed by atoms with Crippen LogP contribution < -0.4 is 5.73 Å². The second-order valence-electron chi connectivity index (χ2n) is 3.61. The fourth-order valence-corrected chi connectivity index (χ4v) is 1.48. The summed E-state index contributed by atoms with van der Waals surface area (Å²) in [6, 6.07) is 2.74. The van der Waals surface area contributed by atoms with E-state index in [1.807, 2.05) is 0 Å². The molecule has 1 atom stereocenters. The fourth-order valence-electron chi connectivity index (χ4n) is 1.48. The minimum atomic E-state index is -0.468. The topological polar surface area (TPSA) is 64.6 Å². The van der Waals surface area contributed by atoms with Crippen LogP contribution in [0.4, 0.5) is 10.1 Å². The van der Waals surface area contributed by atoms with E-state index in [9.17, 15) is 4.39 Å². The van der Waals surface area contributed by atoms with Crippen LogP contribution in [0.15, 0.2) is 16.5 Å². The van der Waals surface area contributed by atoms with Crippen molar-refractivity contribution in [3.63, 3.8) is 0 Å². The first-order valence-electron chi connectivity index (χ1n) is 4.68. The number of nitrogens with zero attached hydrogens (tertiary/aromatic N) is 1. The van der Waals surface area contributed by atoms with Gasteiger partial charge in [0, 0.05) is 12.1 Å². The molecule has 15 heavy (non-hydrogen) atoms. The van der Waals surface area contributed by atoms with Crippen LogP contribution in [-0.4, -0.2) is 17.7 Å². The van der Waals surface area contributed by atoms with Gasteiger partial charge in [0.05, 0.1) is 24.8 Å². The molecule has 0 saturated carbocycles. The molecule has 2 heterocycles. The number of nitrogens with two attached hydrogens (primary N) is 1. The Balaban J connectivity index is 2.04. The number of ether oxygens (including phenoxy) is 1. The lowest BCUT2D eigenvalue weighted by Crippen LogP contribution is -1.92. The minimum absolute atomic E-state index is 0.0767. The van der Waals surface area contributed by atoms with Gasteiger partial charge in [-0.15, -0.1) is 0 Å². The number of rotatable bonds is 2. The van der Waals surface area contributed by atoms with Crippen molar-refractivity contribution in [3.05, 3.63) is 23.8 Å². The summed E-state index contributed by atoms with van der Waals surface area (Å²) in [5.41, 5.74) is 6.51. The Hall–Kier alpha value is -1.62. The molecule has 2 aromatic rings. The van der Waals surface area contributed by atoms with E-state index in [4.69, 9.17) is 14.9 Å². The highest BCUT2D eigenvalue weighted by atomic mass is 19.1. The quantitative estimate of drug-likeness (QED) is 0.599. The molecule has 0 aliphatic carbocycles. The van der Waals surface area contributed by atoms with Gasteiger partial charge >= 0.3 is 0 Å². The molecule has 1 aromatic heterocycles. The monoisotopic (exact) mass is 208 g/mol. The number of benzene rings is 1. The molecule has 3 rings (SSSR count). The summed E-state index contributed by atoms with van der Waals surface area (Å²) in [6.07, 6.45) is 0.844. The molecule has 2 N–H and O–H groups in total. The van der Waals surface area contributed by atoms with Crippen LogP contribution in [0.2, 0.25) is 0 Å². The molecule has 1 saturated heterocycles. The van der Waals surface area contributed by atoms with Crippen molar-refractivity contribution < 1.29 is 13.5 Å². The van der Waals surface area contributed by atoms with Crippen LogP contribution in [0.25, 0.3) is 11.1 Å². The van der Waals surface area contributed by atoms with Gasteiger partial charge in [-0.05, 0) is 0 Å². The average molecular weight is 208 g/mol. The van der Waals surface area contributed by atoms with E-state index in [0.717, 1.165) is 6.61 Å². The van der Waals surface area contributed by atoms with Crippen molar-refractivity contribution in [1.29, 1.82) is 0 Å². The zero-order valence-electron chi connectivity index (χ0n) is 7.87. The molecule has 0 radical (unpaired) electrons. The van der Waals surface area contributed by atoms with E-state index in [1.165, 1.54) is 12.1 Å². The second kappa shape index (κ2) is 2.93. The number of anilines is 1. The molecule has 1 aliphatic heterocycles. The first-order valence-corrected chi connectivity index (χ1v) is 4.68. The van der Waals surface area contributed by atoms with Crippen molar-refractivity contribution in [3.8, 4) is 0 Å². The summed E-state index contributed by atoms with van der Waals surface area (Å²) in [7, 11) is 0. The second-order valence-corrected chi connectivity index (χ2v) is 3.61. The SMILES string of the molecule is Nc1cc2oc(CC3CO3)nc2cc1F. The third-order valence-corrected chi connectivity index (χ3v) is 2.36. The Kier molecular flexibility index (Phi) is 1.70. The van der Waals surface area contributed by atoms with Gasteiger partial charge in [0.2, 0.25) is 0 Å². The number of hydrogen-bond donors (Lipinski definition) is 1. The van der Waals surface area contributed by atoms with Crippen LogP contribution in [-0.2, 0) is 11.2 Å². The number of halogens is 1. The number of hydrogen-bond acceptors (Lipinski definition) is 4. The van der Waals surface area contributed by atoms with Gasteiger partial charge in [-0.1, -0.05) is 0 Å². The molecule has 1 aliphatic rings. The number of fused-ring (bicyclic) bond motifs is 1. The van der Waals surface area contributed by atoms with E-state index in [1.54, 1.807) is 0 Å². The van der Waals surface area contributed by atoms with Crippen LogP contribution in [0.5, 0.6) is 0 Å². The Morgan fingerprint density at radius 2 is 2.33 bits per heavy atom. The molecule has 78 valence electrons. The predicted molar refractivity (Wildman–Crippen MR) is 51.8 cm³/mol. The van der Waals surface area contributed by atoms with Crippen molar-refractivity contribution in [1.82, 2.24) is 4.98 Å². The molecule has 1 fully saturated rings. The average Bonchev–Trinajstić information content (AvgIpc) is 2.89. The molecule has 4 nitrogen and oxygen atoms in total. The van der Waals surface area contributed by atoms with Crippen LogP contribution >= 0.6 is 0 Å². The zero-order chi connectivity index (χ0) is 10.4. The number of oxazole rings is 1. The maximum absolute atomic E-state index is 13.1. The molecule has 0 amide bonds. The van der Waals surface area contributed by atoms with Gasteiger partial charge in [-0.25, -0.2) is 9.37 Å². The molecule has 0 spiro atoms. The standard InChI is InChI=1S/C10H9FN2O2/c11-6-2-8-9(3-7(6)12)15-10(13-8)1-5-4-14-5/h2-3,5H,1,4,12H2. The van der Waals surface area contributed by atoms with Crippen molar-refractivity contribution >= 4 is 16.8 Å². The molecule has 5 heteroatoms. The number of aromatic nitrogens is 1.